The van der Waals surface area contributed by atoms with E-state index in [1.54, 1.807) is 0 Å². The quantitative estimate of drug-likeness (QED) is 0.206. The number of nitrogens with zero attached hydrogens (tertiary/aromatic N) is 6. The molecule has 0 aliphatic heterocycles. The molecule has 0 aliphatic rings. The molecule has 6 nitrogen and oxygen atoms in total. The molecule has 0 saturated carbocycles. The van der Waals surface area contributed by atoms with Crippen LogP contribution < -0.4 is 0 Å². The van der Waals surface area contributed by atoms with Crippen molar-refractivity contribution in [1.82, 2.24) is 18.9 Å². The highest BCUT2D eigenvalue weighted by Gasteiger charge is 2.26. The summed E-state index contributed by atoms with van der Waals surface area (Å²) >= 11 is 0. The number of hydrogen-bond donors (Lipinski definition) is 0. The summed E-state index contributed by atoms with van der Waals surface area (Å²) in [7, 11) is 0. The van der Waals surface area contributed by atoms with Crippen LogP contribution in [0.3, 0.4) is 0 Å². The fourth-order valence-corrected chi connectivity index (χ4v) is 7.05. The standard InChI is InChI=1S/C37H22N6/c1-3-10-27-34(39-2)28(20-38)41-37(40-27)43-31-18-17-21-11-4-5-12-22(21)32(31)26-19-25-23-13-6-8-15-29(23)42-30-16-9-7-14-24(30)33(35(25)42)36(26)43/h3-19H,2H2,1H3/b10-3-. The molecule has 0 bridgehead atoms. The molecule has 0 fully saturated rings. The van der Waals surface area contributed by atoms with Crippen LogP contribution in [0.2, 0.25) is 0 Å². The first-order valence-corrected chi connectivity index (χ1v) is 14.2. The van der Waals surface area contributed by atoms with Gasteiger partial charge in [0, 0.05) is 32.3 Å². The van der Waals surface area contributed by atoms with E-state index in [4.69, 9.17) is 9.97 Å². The van der Waals surface area contributed by atoms with Crippen LogP contribution >= 0.6 is 0 Å². The number of fused-ring (bicyclic) bond motifs is 12. The monoisotopic (exact) mass is 550 g/mol. The van der Waals surface area contributed by atoms with Gasteiger partial charge in [-0.05, 0) is 54.8 Å². The van der Waals surface area contributed by atoms with Crippen molar-refractivity contribution < 1.29 is 0 Å². The van der Waals surface area contributed by atoms with Gasteiger partial charge >= 0.3 is 0 Å². The van der Waals surface area contributed by atoms with Crippen LogP contribution in [0.4, 0.5) is 5.69 Å². The molecule has 0 spiro atoms. The van der Waals surface area contributed by atoms with Gasteiger partial charge in [0.15, 0.2) is 5.69 Å². The molecule has 5 aromatic carbocycles. The summed E-state index contributed by atoms with van der Waals surface area (Å²) in [5, 5.41) is 19.4. The second-order valence-electron chi connectivity index (χ2n) is 10.8. The maximum absolute atomic E-state index is 10.1. The topological polar surface area (TPSA) is 71.3 Å². The van der Waals surface area contributed by atoms with Crippen molar-refractivity contribution in [3.8, 4) is 12.0 Å². The molecule has 0 atom stereocenters. The second kappa shape index (κ2) is 8.48. The van der Waals surface area contributed by atoms with Crippen LogP contribution in [0.5, 0.6) is 0 Å². The van der Waals surface area contributed by atoms with E-state index in [-0.39, 0.29) is 5.69 Å². The van der Waals surface area contributed by atoms with Crippen molar-refractivity contribution in [2.45, 2.75) is 6.92 Å². The zero-order valence-electron chi connectivity index (χ0n) is 23.2. The third-order valence-electron chi connectivity index (χ3n) is 8.67. The first-order chi connectivity index (χ1) is 21.2. The van der Waals surface area contributed by atoms with E-state index < -0.39 is 0 Å². The number of benzene rings is 5. The Balaban J connectivity index is 1.62. The van der Waals surface area contributed by atoms with Gasteiger partial charge in [0.25, 0.3) is 0 Å². The fraction of sp³-hybridized carbons (Fsp3) is 0.0270. The Kier molecular flexibility index (Phi) is 4.66. The van der Waals surface area contributed by atoms with Crippen LogP contribution in [0.1, 0.15) is 18.3 Å². The Labute approximate surface area is 245 Å². The highest BCUT2D eigenvalue weighted by atomic mass is 15.2. The van der Waals surface area contributed by atoms with Gasteiger partial charge in [-0.15, -0.1) is 0 Å². The molecular weight excluding hydrogens is 528 g/mol. The van der Waals surface area contributed by atoms with Gasteiger partial charge in [0.1, 0.15) is 11.8 Å². The minimum atomic E-state index is 0.191. The van der Waals surface area contributed by atoms with Crippen LogP contribution in [0.15, 0.2) is 102 Å². The summed E-state index contributed by atoms with van der Waals surface area (Å²) in [6.07, 6.45) is 3.74. The average molecular weight is 551 g/mol. The highest BCUT2D eigenvalue weighted by Crippen LogP contribution is 2.47. The van der Waals surface area contributed by atoms with Crippen molar-refractivity contribution >= 4 is 89.2 Å². The number of nitriles is 1. The summed E-state index contributed by atoms with van der Waals surface area (Å²) in [5.41, 5.74) is 6.62. The van der Waals surface area contributed by atoms with Crippen LogP contribution in [0.25, 0.3) is 82.7 Å². The van der Waals surface area contributed by atoms with E-state index in [1.165, 1.54) is 21.8 Å². The van der Waals surface area contributed by atoms with Gasteiger partial charge in [-0.1, -0.05) is 72.8 Å². The molecule has 9 rings (SSSR count). The van der Waals surface area contributed by atoms with Crippen LogP contribution in [-0.4, -0.2) is 25.7 Å². The SMILES string of the molecule is C=Nc1c(C#N)nc(-n2c3ccc4ccccc4c3c3cc4c5ccccc5n5c6ccccc6c(c32)c45)nc1/C=C\C. The maximum atomic E-state index is 10.1. The second-order valence-corrected chi connectivity index (χ2v) is 10.8. The Morgan fingerprint density at radius 2 is 1.47 bits per heavy atom. The zero-order chi connectivity index (χ0) is 28.8. The smallest absolute Gasteiger partial charge is 0.236 e. The summed E-state index contributed by atoms with van der Waals surface area (Å²) in [5.74, 6) is 0.426. The lowest BCUT2D eigenvalue weighted by Crippen LogP contribution is -2.05. The van der Waals surface area contributed by atoms with Crippen LogP contribution in [0, 0.1) is 11.3 Å². The number of aliphatic imine (C=N–C) groups is 1. The zero-order valence-corrected chi connectivity index (χ0v) is 23.2. The molecule has 0 amide bonds. The number of allylic oxidation sites excluding steroid dienone is 1. The molecule has 0 saturated heterocycles. The maximum Gasteiger partial charge on any atom is 0.236 e. The number of rotatable bonds is 3. The Morgan fingerprint density at radius 1 is 0.744 bits per heavy atom. The van der Waals surface area contributed by atoms with E-state index in [9.17, 15) is 5.26 Å². The van der Waals surface area contributed by atoms with E-state index in [0.717, 1.165) is 48.9 Å². The lowest BCUT2D eigenvalue weighted by Gasteiger charge is -2.11. The first kappa shape index (κ1) is 23.6. The summed E-state index contributed by atoms with van der Waals surface area (Å²) in [4.78, 5) is 13.9. The third kappa shape index (κ3) is 2.93. The van der Waals surface area contributed by atoms with Crippen molar-refractivity contribution in [2.24, 2.45) is 4.99 Å². The van der Waals surface area contributed by atoms with E-state index >= 15 is 0 Å². The summed E-state index contributed by atoms with van der Waals surface area (Å²) < 4.78 is 4.52. The van der Waals surface area contributed by atoms with E-state index in [1.807, 2.05) is 19.1 Å². The first-order valence-electron chi connectivity index (χ1n) is 14.2. The van der Waals surface area contributed by atoms with E-state index in [2.05, 4.69) is 118 Å². The molecular formula is C37H22N6. The van der Waals surface area contributed by atoms with Gasteiger partial charge in [-0.25, -0.2) is 4.98 Å². The van der Waals surface area contributed by atoms with Crippen molar-refractivity contribution in [2.75, 3.05) is 0 Å². The van der Waals surface area contributed by atoms with E-state index in [0.29, 0.717) is 17.3 Å². The molecule has 0 unspecified atom stereocenters. The Hall–Kier alpha value is -6.06. The van der Waals surface area contributed by atoms with Crippen LogP contribution in [-0.2, 0) is 0 Å². The minimum absolute atomic E-state index is 0.191. The van der Waals surface area contributed by atoms with Gasteiger partial charge in [0.05, 0.1) is 33.3 Å². The van der Waals surface area contributed by atoms with Gasteiger partial charge in [0.2, 0.25) is 5.95 Å². The molecule has 4 aromatic heterocycles. The Morgan fingerprint density at radius 3 is 2.23 bits per heavy atom. The molecule has 200 valence electrons. The normalized spacial score (nSPS) is 12.3. The molecule has 43 heavy (non-hydrogen) atoms. The molecule has 6 heteroatoms. The van der Waals surface area contributed by atoms with Crippen molar-refractivity contribution in [3.63, 3.8) is 0 Å². The third-order valence-corrected chi connectivity index (χ3v) is 8.67. The number of hydrogen-bond acceptors (Lipinski definition) is 4. The minimum Gasteiger partial charge on any atom is -0.308 e. The largest absolute Gasteiger partial charge is 0.308 e. The van der Waals surface area contributed by atoms with Crippen molar-refractivity contribution in [3.05, 3.63) is 108 Å². The molecule has 0 N–H and O–H groups in total. The lowest BCUT2D eigenvalue weighted by molar-refractivity contribution is 0.974. The Bertz CT molecular complexity index is 2720. The number of aromatic nitrogens is 4. The lowest BCUT2D eigenvalue weighted by atomic mass is 10.0. The predicted octanol–water partition coefficient (Wildman–Crippen LogP) is 9.11. The summed E-state index contributed by atoms with van der Waals surface area (Å²) in [6, 6.07) is 34.5. The number of para-hydroxylation sites is 2. The fourth-order valence-electron chi connectivity index (χ4n) is 7.05. The predicted molar refractivity (Wildman–Crippen MR) is 177 cm³/mol. The molecule has 4 heterocycles. The molecule has 0 radical (unpaired) electrons. The van der Waals surface area contributed by atoms with Gasteiger partial charge in [-0.2, -0.15) is 10.2 Å². The molecule has 9 aromatic rings. The van der Waals surface area contributed by atoms with Crippen molar-refractivity contribution in [1.29, 1.82) is 5.26 Å². The van der Waals surface area contributed by atoms with Gasteiger partial charge in [-0.3, -0.25) is 9.56 Å². The van der Waals surface area contributed by atoms with Gasteiger partial charge < -0.3 is 4.40 Å². The molecule has 0 aliphatic carbocycles. The average Bonchev–Trinajstić information content (AvgIpc) is 3.69. The highest BCUT2D eigenvalue weighted by molar-refractivity contribution is 6.36. The summed E-state index contributed by atoms with van der Waals surface area (Å²) in [6.45, 7) is 5.62.